The summed E-state index contributed by atoms with van der Waals surface area (Å²) >= 11 is 1.40. The topological polar surface area (TPSA) is 45.2 Å². The maximum atomic E-state index is 11.8. The molecule has 0 radical (unpaired) electrons. The van der Waals surface area contributed by atoms with Gasteiger partial charge in [-0.2, -0.15) is 0 Å². The number of hydrogen-bond donors (Lipinski definition) is 1. The van der Waals surface area contributed by atoms with E-state index < -0.39 is 0 Å². The highest BCUT2D eigenvalue weighted by Gasteiger charge is 2.30. The highest BCUT2D eigenvalue weighted by Crippen LogP contribution is 2.28. The molecular formula is C9H13N3OS. The number of anilines is 1. The number of hydrogen-bond acceptors (Lipinski definition) is 4. The minimum Gasteiger partial charge on any atom is -0.365 e. The summed E-state index contributed by atoms with van der Waals surface area (Å²) in [5.41, 5.74) is 0. The molecule has 2 rings (SSSR count). The van der Waals surface area contributed by atoms with Crippen molar-refractivity contribution in [3.8, 4) is 0 Å². The molecule has 1 heterocycles. The Balaban J connectivity index is 2.09. The molecule has 0 saturated heterocycles. The van der Waals surface area contributed by atoms with Gasteiger partial charge in [0.05, 0.1) is 6.20 Å². The lowest BCUT2D eigenvalue weighted by Gasteiger charge is -2.14. The molecule has 1 aliphatic rings. The third kappa shape index (κ3) is 1.72. The first-order valence-electron chi connectivity index (χ1n) is 4.63. The molecule has 14 heavy (non-hydrogen) atoms. The Morgan fingerprint density at radius 2 is 2.43 bits per heavy atom. The largest absolute Gasteiger partial charge is 0.365 e. The van der Waals surface area contributed by atoms with Crippen LogP contribution in [0.3, 0.4) is 0 Å². The number of rotatable bonds is 3. The lowest BCUT2D eigenvalue weighted by atomic mass is 10.4. The third-order valence-corrected chi connectivity index (χ3v) is 3.35. The van der Waals surface area contributed by atoms with Gasteiger partial charge in [-0.05, 0) is 12.8 Å². The van der Waals surface area contributed by atoms with E-state index in [0.29, 0.717) is 10.9 Å². The lowest BCUT2D eigenvalue weighted by molar-refractivity contribution is 0.0789. The van der Waals surface area contributed by atoms with Gasteiger partial charge in [-0.1, -0.05) is 11.3 Å². The van der Waals surface area contributed by atoms with Crippen LogP contribution in [0, 0.1) is 0 Å². The first-order valence-corrected chi connectivity index (χ1v) is 5.44. The fraction of sp³-hybridized carbons (Fsp3) is 0.556. The molecule has 0 spiro atoms. The molecule has 4 nitrogen and oxygen atoms in total. The summed E-state index contributed by atoms with van der Waals surface area (Å²) in [7, 11) is 3.66. The Bertz CT molecular complexity index is 346. The van der Waals surface area contributed by atoms with Gasteiger partial charge in [0.2, 0.25) is 0 Å². The summed E-state index contributed by atoms with van der Waals surface area (Å²) in [6.45, 7) is 0. The van der Waals surface area contributed by atoms with Gasteiger partial charge in [0, 0.05) is 20.1 Å². The summed E-state index contributed by atoms with van der Waals surface area (Å²) in [5, 5.41) is 3.71. The summed E-state index contributed by atoms with van der Waals surface area (Å²) in [6.07, 6.45) is 3.91. The summed E-state index contributed by atoms with van der Waals surface area (Å²) in [6, 6.07) is 0.461. The van der Waals surface area contributed by atoms with E-state index in [-0.39, 0.29) is 5.91 Å². The van der Waals surface area contributed by atoms with E-state index in [0.717, 1.165) is 18.0 Å². The smallest absolute Gasteiger partial charge is 0.265 e. The van der Waals surface area contributed by atoms with Crippen LogP contribution in [-0.2, 0) is 0 Å². The summed E-state index contributed by atoms with van der Waals surface area (Å²) < 4.78 is 0. The van der Waals surface area contributed by atoms with Crippen molar-refractivity contribution in [3.63, 3.8) is 0 Å². The average molecular weight is 211 g/mol. The molecule has 0 unspecified atom stereocenters. The van der Waals surface area contributed by atoms with Crippen LogP contribution in [-0.4, -0.2) is 35.9 Å². The van der Waals surface area contributed by atoms with Crippen LogP contribution in [0.15, 0.2) is 6.20 Å². The Morgan fingerprint density at radius 3 is 2.93 bits per heavy atom. The molecular weight excluding hydrogens is 198 g/mol. The van der Waals surface area contributed by atoms with Crippen LogP contribution in [0.1, 0.15) is 22.5 Å². The zero-order chi connectivity index (χ0) is 10.1. The molecule has 76 valence electrons. The van der Waals surface area contributed by atoms with E-state index in [1.807, 2.05) is 11.9 Å². The number of amides is 1. The zero-order valence-corrected chi connectivity index (χ0v) is 9.10. The number of carbonyl (C=O) groups is 1. The van der Waals surface area contributed by atoms with Crippen LogP contribution in [0.25, 0.3) is 0 Å². The maximum absolute atomic E-state index is 11.8. The van der Waals surface area contributed by atoms with Crippen molar-refractivity contribution in [1.29, 1.82) is 0 Å². The monoisotopic (exact) mass is 211 g/mol. The molecule has 1 saturated carbocycles. The van der Waals surface area contributed by atoms with Crippen molar-refractivity contribution < 1.29 is 4.79 Å². The Kier molecular flexibility index (Phi) is 2.41. The van der Waals surface area contributed by atoms with Crippen LogP contribution in [0.5, 0.6) is 0 Å². The second-order valence-corrected chi connectivity index (χ2v) is 4.46. The average Bonchev–Trinajstić information content (AvgIpc) is 2.94. The first kappa shape index (κ1) is 9.45. The number of nitrogens with zero attached hydrogens (tertiary/aromatic N) is 2. The Labute approximate surface area is 86.9 Å². The Hall–Kier alpha value is -1.10. The third-order valence-electron chi connectivity index (χ3n) is 2.35. The van der Waals surface area contributed by atoms with Gasteiger partial charge in [0.15, 0.2) is 5.13 Å². The molecule has 0 atom stereocenters. The van der Waals surface area contributed by atoms with Crippen molar-refractivity contribution in [2.45, 2.75) is 18.9 Å². The maximum Gasteiger partial charge on any atom is 0.265 e. The summed E-state index contributed by atoms with van der Waals surface area (Å²) in [4.78, 5) is 18.4. The van der Waals surface area contributed by atoms with Gasteiger partial charge >= 0.3 is 0 Å². The molecule has 1 aromatic rings. The summed E-state index contributed by atoms with van der Waals surface area (Å²) in [5.74, 6) is 0.0894. The first-order chi connectivity index (χ1) is 6.72. The van der Waals surface area contributed by atoms with E-state index in [4.69, 9.17) is 0 Å². The predicted molar refractivity (Wildman–Crippen MR) is 56.8 cm³/mol. The van der Waals surface area contributed by atoms with Gasteiger partial charge in [-0.15, -0.1) is 0 Å². The molecule has 1 fully saturated rings. The molecule has 1 amide bonds. The lowest BCUT2D eigenvalue weighted by Crippen LogP contribution is -2.27. The number of carbonyl (C=O) groups excluding carboxylic acids is 1. The highest BCUT2D eigenvalue weighted by atomic mass is 32.1. The van der Waals surface area contributed by atoms with Gasteiger partial charge in [0.1, 0.15) is 4.88 Å². The molecule has 0 aliphatic heterocycles. The fourth-order valence-electron chi connectivity index (χ4n) is 1.29. The predicted octanol–water partition coefficient (Wildman–Crippen LogP) is 1.42. The van der Waals surface area contributed by atoms with Crippen molar-refractivity contribution >= 4 is 22.4 Å². The SMILES string of the molecule is CNc1ncc(C(=O)N(C)C2CC2)s1. The van der Waals surface area contributed by atoms with E-state index >= 15 is 0 Å². The van der Waals surface area contributed by atoms with Crippen LogP contribution in [0.4, 0.5) is 5.13 Å². The second kappa shape index (κ2) is 3.57. The molecule has 5 heteroatoms. The number of nitrogens with one attached hydrogen (secondary N) is 1. The van der Waals surface area contributed by atoms with Gasteiger partial charge in [-0.3, -0.25) is 4.79 Å². The van der Waals surface area contributed by atoms with Crippen LogP contribution in [0.2, 0.25) is 0 Å². The van der Waals surface area contributed by atoms with Crippen molar-refractivity contribution in [2.24, 2.45) is 0 Å². The van der Waals surface area contributed by atoms with Crippen molar-refractivity contribution in [1.82, 2.24) is 9.88 Å². The minimum atomic E-state index is 0.0894. The quantitative estimate of drug-likeness (QED) is 0.822. The molecule has 1 aromatic heterocycles. The standard InChI is InChI=1S/C9H13N3OS/c1-10-9-11-5-7(14-9)8(13)12(2)6-3-4-6/h5-6H,3-4H2,1-2H3,(H,10,11). The van der Waals surface area contributed by atoms with E-state index in [9.17, 15) is 4.79 Å². The zero-order valence-electron chi connectivity index (χ0n) is 8.28. The van der Waals surface area contributed by atoms with Gasteiger partial charge in [-0.25, -0.2) is 4.98 Å². The van der Waals surface area contributed by atoms with Crippen LogP contribution < -0.4 is 5.32 Å². The number of thiazole rings is 1. The minimum absolute atomic E-state index is 0.0894. The fourth-order valence-corrected chi connectivity index (χ4v) is 2.04. The molecule has 0 bridgehead atoms. The molecule has 1 aliphatic carbocycles. The molecule has 1 N–H and O–H groups in total. The van der Waals surface area contributed by atoms with Gasteiger partial charge in [0.25, 0.3) is 5.91 Å². The van der Waals surface area contributed by atoms with Crippen molar-refractivity contribution in [2.75, 3.05) is 19.4 Å². The Morgan fingerprint density at radius 1 is 1.71 bits per heavy atom. The normalized spacial score (nSPS) is 15.3. The van der Waals surface area contributed by atoms with Crippen molar-refractivity contribution in [3.05, 3.63) is 11.1 Å². The second-order valence-electron chi connectivity index (χ2n) is 3.43. The molecule has 0 aromatic carbocycles. The van der Waals surface area contributed by atoms with E-state index in [1.165, 1.54) is 11.3 Å². The van der Waals surface area contributed by atoms with Gasteiger partial charge < -0.3 is 10.2 Å². The highest BCUT2D eigenvalue weighted by molar-refractivity contribution is 7.17. The van der Waals surface area contributed by atoms with E-state index in [2.05, 4.69) is 10.3 Å². The van der Waals surface area contributed by atoms with E-state index in [1.54, 1.807) is 13.2 Å². The number of aromatic nitrogens is 1. The van der Waals surface area contributed by atoms with Crippen LogP contribution >= 0.6 is 11.3 Å².